The number of fused-ring (bicyclic) bond motifs is 1. The summed E-state index contributed by atoms with van der Waals surface area (Å²) in [5.74, 6) is 0. The summed E-state index contributed by atoms with van der Waals surface area (Å²) >= 11 is 5.04. The fraction of sp³-hybridized carbons (Fsp3) is 0. The van der Waals surface area contributed by atoms with E-state index in [1.165, 1.54) is 0 Å². The zero-order chi connectivity index (χ0) is 11.0. The number of pyridine rings is 1. The molecule has 0 bridgehead atoms. The van der Waals surface area contributed by atoms with Gasteiger partial charge in [0, 0.05) is 16.2 Å². The minimum atomic E-state index is 0.963. The van der Waals surface area contributed by atoms with Crippen LogP contribution in [0.5, 0.6) is 0 Å². The summed E-state index contributed by atoms with van der Waals surface area (Å²) in [4.78, 5) is 9.83. The maximum atomic E-state index is 4.55. The Morgan fingerprint density at radius 3 is 2.62 bits per heavy atom. The van der Waals surface area contributed by atoms with Crippen molar-refractivity contribution in [3.63, 3.8) is 0 Å². The number of aromatic nitrogens is 2. The van der Waals surface area contributed by atoms with Crippen molar-refractivity contribution in [2.75, 3.05) is 0 Å². The van der Waals surface area contributed by atoms with E-state index in [4.69, 9.17) is 0 Å². The standard InChI is InChI=1S/C12H7BrN2S/c13-9-5-3-8(4-6-9)11-15-10-2-1-7-14-12(10)16-11/h1-7H. The van der Waals surface area contributed by atoms with Gasteiger partial charge in [-0.15, -0.1) is 0 Å². The number of hydrogen-bond donors (Lipinski definition) is 0. The molecule has 2 aromatic heterocycles. The zero-order valence-corrected chi connectivity index (χ0v) is 10.6. The molecule has 0 saturated carbocycles. The topological polar surface area (TPSA) is 25.8 Å². The summed E-state index contributed by atoms with van der Waals surface area (Å²) in [5.41, 5.74) is 2.09. The smallest absolute Gasteiger partial charge is 0.143 e. The third kappa shape index (κ3) is 1.74. The lowest BCUT2D eigenvalue weighted by Gasteiger charge is -1.94. The average Bonchev–Trinajstić information content (AvgIpc) is 2.73. The van der Waals surface area contributed by atoms with Crippen molar-refractivity contribution in [1.82, 2.24) is 9.97 Å². The Bertz CT molecular complexity index is 598. The average molecular weight is 291 g/mol. The van der Waals surface area contributed by atoms with Gasteiger partial charge >= 0.3 is 0 Å². The molecule has 3 aromatic rings. The lowest BCUT2D eigenvalue weighted by Crippen LogP contribution is -1.74. The lowest BCUT2D eigenvalue weighted by molar-refractivity contribution is 1.40. The molecule has 0 radical (unpaired) electrons. The highest BCUT2D eigenvalue weighted by Gasteiger charge is 2.05. The minimum absolute atomic E-state index is 0.963. The zero-order valence-electron chi connectivity index (χ0n) is 8.22. The van der Waals surface area contributed by atoms with E-state index in [0.29, 0.717) is 0 Å². The van der Waals surface area contributed by atoms with Gasteiger partial charge in [-0.25, -0.2) is 9.97 Å². The van der Waals surface area contributed by atoms with Crippen molar-refractivity contribution >= 4 is 37.6 Å². The van der Waals surface area contributed by atoms with Crippen molar-refractivity contribution < 1.29 is 0 Å². The first-order chi connectivity index (χ1) is 7.83. The van der Waals surface area contributed by atoms with Gasteiger partial charge in [0.1, 0.15) is 15.4 Å². The number of rotatable bonds is 1. The predicted octanol–water partition coefficient (Wildman–Crippen LogP) is 4.12. The van der Waals surface area contributed by atoms with Gasteiger partial charge in [-0.3, -0.25) is 0 Å². The van der Waals surface area contributed by atoms with Crippen LogP contribution < -0.4 is 0 Å². The first-order valence-corrected chi connectivity index (χ1v) is 6.41. The fourth-order valence-electron chi connectivity index (χ4n) is 1.49. The Morgan fingerprint density at radius 2 is 1.88 bits per heavy atom. The molecule has 0 spiro atoms. The summed E-state index contributed by atoms with van der Waals surface area (Å²) in [6.07, 6.45) is 1.80. The van der Waals surface area contributed by atoms with Gasteiger partial charge in [-0.1, -0.05) is 39.4 Å². The monoisotopic (exact) mass is 290 g/mol. The first-order valence-electron chi connectivity index (χ1n) is 4.80. The van der Waals surface area contributed by atoms with Crippen molar-refractivity contribution in [1.29, 1.82) is 0 Å². The summed E-state index contributed by atoms with van der Waals surface area (Å²) < 4.78 is 1.08. The van der Waals surface area contributed by atoms with E-state index < -0.39 is 0 Å². The van der Waals surface area contributed by atoms with E-state index in [0.717, 1.165) is 25.4 Å². The van der Waals surface area contributed by atoms with E-state index in [1.807, 2.05) is 24.3 Å². The van der Waals surface area contributed by atoms with Crippen LogP contribution in [0.3, 0.4) is 0 Å². The predicted molar refractivity (Wildman–Crippen MR) is 70.6 cm³/mol. The second-order valence-corrected chi connectivity index (χ2v) is 5.25. The van der Waals surface area contributed by atoms with Crippen LogP contribution in [0.2, 0.25) is 0 Å². The van der Waals surface area contributed by atoms with Crippen LogP contribution in [0.1, 0.15) is 0 Å². The van der Waals surface area contributed by atoms with Crippen LogP contribution in [0.15, 0.2) is 47.1 Å². The Kier molecular flexibility index (Phi) is 2.46. The van der Waals surface area contributed by atoms with Gasteiger partial charge in [0.15, 0.2) is 0 Å². The molecule has 3 rings (SSSR count). The second-order valence-electron chi connectivity index (χ2n) is 3.35. The van der Waals surface area contributed by atoms with Gasteiger partial charge in [-0.2, -0.15) is 0 Å². The molecule has 0 atom stereocenters. The molecule has 4 heteroatoms. The molecule has 0 aliphatic heterocycles. The van der Waals surface area contributed by atoms with E-state index in [2.05, 4.69) is 38.0 Å². The van der Waals surface area contributed by atoms with Crippen LogP contribution in [-0.4, -0.2) is 9.97 Å². The summed E-state index contributed by atoms with van der Waals surface area (Å²) in [5, 5.41) is 1.02. The highest BCUT2D eigenvalue weighted by atomic mass is 79.9. The van der Waals surface area contributed by atoms with Gasteiger partial charge in [0.05, 0.1) is 0 Å². The molecule has 0 saturated heterocycles. The molecule has 2 heterocycles. The molecule has 0 N–H and O–H groups in total. The van der Waals surface area contributed by atoms with Crippen LogP contribution in [0, 0.1) is 0 Å². The quantitative estimate of drug-likeness (QED) is 0.674. The number of nitrogens with zero attached hydrogens (tertiary/aromatic N) is 2. The molecule has 2 nitrogen and oxygen atoms in total. The molecule has 0 amide bonds. The molecular formula is C12H7BrN2S. The Morgan fingerprint density at radius 1 is 1.06 bits per heavy atom. The molecule has 1 aromatic carbocycles. The fourth-order valence-corrected chi connectivity index (χ4v) is 2.66. The molecule has 0 fully saturated rings. The van der Waals surface area contributed by atoms with Crippen LogP contribution in [-0.2, 0) is 0 Å². The third-order valence-electron chi connectivity index (χ3n) is 2.26. The van der Waals surface area contributed by atoms with Gasteiger partial charge in [-0.05, 0) is 24.3 Å². The second kappa shape index (κ2) is 3.96. The van der Waals surface area contributed by atoms with E-state index >= 15 is 0 Å². The van der Waals surface area contributed by atoms with E-state index in [1.54, 1.807) is 17.5 Å². The van der Waals surface area contributed by atoms with Gasteiger partial charge in [0.2, 0.25) is 0 Å². The Balaban J connectivity index is 2.15. The summed E-state index contributed by atoms with van der Waals surface area (Å²) in [7, 11) is 0. The maximum absolute atomic E-state index is 4.55. The van der Waals surface area contributed by atoms with Crippen LogP contribution >= 0.6 is 27.3 Å². The van der Waals surface area contributed by atoms with Gasteiger partial charge in [0.25, 0.3) is 0 Å². The number of halogens is 1. The molecule has 0 aliphatic rings. The van der Waals surface area contributed by atoms with E-state index in [9.17, 15) is 0 Å². The Labute approximate surface area is 105 Å². The van der Waals surface area contributed by atoms with Crippen LogP contribution in [0.25, 0.3) is 20.9 Å². The number of benzene rings is 1. The van der Waals surface area contributed by atoms with Crippen molar-refractivity contribution in [2.45, 2.75) is 0 Å². The normalized spacial score (nSPS) is 10.8. The molecule has 16 heavy (non-hydrogen) atoms. The molecule has 0 aliphatic carbocycles. The number of thiazole rings is 1. The highest BCUT2D eigenvalue weighted by molar-refractivity contribution is 9.10. The third-order valence-corrected chi connectivity index (χ3v) is 3.81. The maximum Gasteiger partial charge on any atom is 0.143 e. The Hall–Kier alpha value is -1.26. The molecule has 0 unspecified atom stereocenters. The van der Waals surface area contributed by atoms with Crippen molar-refractivity contribution in [2.24, 2.45) is 0 Å². The van der Waals surface area contributed by atoms with Gasteiger partial charge < -0.3 is 0 Å². The highest BCUT2D eigenvalue weighted by Crippen LogP contribution is 2.29. The first kappa shape index (κ1) is 9.93. The molecule has 78 valence electrons. The summed E-state index contributed by atoms with van der Waals surface area (Å²) in [6, 6.07) is 12.1. The summed E-state index contributed by atoms with van der Waals surface area (Å²) in [6.45, 7) is 0. The van der Waals surface area contributed by atoms with Crippen molar-refractivity contribution in [3.8, 4) is 10.6 Å². The van der Waals surface area contributed by atoms with E-state index in [-0.39, 0.29) is 0 Å². The van der Waals surface area contributed by atoms with Crippen LogP contribution in [0.4, 0.5) is 0 Å². The minimum Gasteiger partial charge on any atom is -0.244 e. The SMILES string of the molecule is Brc1ccc(-c2nc3cccnc3s2)cc1. The molecular weight excluding hydrogens is 284 g/mol. The number of hydrogen-bond acceptors (Lipinski definition) is 3. The lowest BCUT2D eigenvalue weighted by atomic mass is 10.2. The van der Waals surface area contributed by atoms with Crippen molar-refractivity contribution in [3.05, 3.63) is 47.1 Å². The largest absolute Gasteiger partial charge is 0.244 e.